The van der Waals surface area contributed by atoms with Crippen LogP contribution in [-0.2, 0) is 4.79 Å². The van der Waals surface area contributed by atoms with Crippen molar-refractivity contribution in [1.82, 2.24) is 0 Å². The maximum absolute atomic E-state index is 10.9. The van der Waals surface area contributed by atoms with Gasteiger partial charge in [-0.3, -0.25) is 4.79 Å². The van der Waals surface area contributed by atoms with Gasteiger partial charge in [-0.2, -0.15) is 0 Å². The van der Waals surface area contributed by atoms with Crippen molar-refractivity contribution in [1.29, 1.82) is 0 Å². The molecule has 0 aromatic carbocycles. The zero-order valence-corrected chi connectivity index (χ0v) is 7.81. The van der Waals surface area contributed by atoms with Crippen LogP contribution in [0.25, 0.3) is 0 Å². The molecule has 1 saturated carbocycles. The van der Waals surface area contributed by atoms with Crippen LogP contribution in [0.5, 0.6) is 0 Å². The third kappa shape index (κ3) is 3.04. The van der Waals surface area contributed by atoms with Gasteiger partial charge < -0.3 is 0 Å². The van der Waals surface area contributed by atoms with Crippen LogP contribution in [-0.4, -0.2) is 5.78 Å². The summed E-state index contributed by atoms with van der Waals surface area (Å²) >= 11 is 0. The van der Waals surface area contributed by atoms with Crippen LogP contribution in [0.1, 0.15) is 46.5 Å². The monoisotopic (exact) mass is 154 g/mol. The Kier molecular flexibility index (Phi) is 2.36. The van der Waals surface area contributed by atoms with Crippen molar-refractivity contribution in [2.24, 2.45) is 11.3 Å². The van der Waals surface area contributed by atoms with E-state index in [4.69, 9.17) is 0 Å². The van der Waals surface area contributed by atoms with Gasteiger partial charge in [0.15, 0.2) is 0 Å². The average molecular weight is 154 g/mol. The summed E-state index contributed by atoms with van der Waals surface area (Å²) in [6, 6.07) is 0. The van der Waals surface area contributed by atoms with Crippen LogP contribution in [0.15, 0.2) is 0 Å². The predicted octanol–water partition coefficient (Wildman–Crippen LogP) is 2.79. The normalized spacial score (nSPS) is 26.1. The maximum Gasteiger partial charge on any atom is 0.133 e. The molecule has 1 nitrogen and oxygen atoms in total. The second-order valence-corrected chi connectivity index (χ2v) is 4.91. The zero-order chi connectivity index (χ0) is 8.48. The third-order valence-corrected chi connectivity index (χ3v) is 2.25. The van der Waals surface area contributed by atoms with E-state index in [-0.39, 0.29) is 0 Å². The highest BCUT2D eigenvalue weighted by molar-refractivity contribution is 5.80. The minimum atomic E-state index is 0.398. The highest BCUT2D eigenvalue weighted by atomic mass is 16.1. The van der Waals surface area contributed by atoms with E-state index >= 15 is 0 Å². The van der Waals surface area contributed by atoms with Gasteiger partial charge in [-0.05, 0) is 24.2 Å². The Morgan fingerprint density at radius 2 is 2.09 bits per heavy atom. The Labute approximate surface area is 69.2 Å². The van der Waals surface area contributed by atoms with Crippen molar-refractivity contribution in [3.8, 4) is 0 Å². The number of hydrogen-bond donors (Lipinski definition) is 0. The average Bonchev–Trinajstić information content (AvgIpc) is 2.10. The van der Waals surface area contributed by atoms with Crippen LogP contribution in [0.4, 0.5) is 0 Å². The van der Waals surface area contributed by atoms with Crippen molar-refractivity contribution >= 4 is 5.78 Å². The van der Waals surface area contributed by atoms with E-state index < -0.39 is 0 Å². The molecule has 0 spiro atoms. The molecule has 0 aromatic rings. The van der Waals surface area contributed by atoms with Gasteiger partial charge in [0.05, 0.1) is 0 Å². The minimum Gasteiger partial charge on any atom is -0.300 e. The van der Waals surface area contributed by atoms with E-state index in [1.165, 1.54) is 6.42 Å². The summed E-state index contributed by atoms with van der Waals surface area (Å²) in [4.78, 5) is 10.9. The molecule has 1 aliphatic carbocycles. The first kappa shape index (κ1) is 8.76. The molecule has 64 valence electrons. The largest absolute Gasteiger partial charge is 0.300 e. The number of hydrogen-bond acceptors (Lipinski definition) is 1. The van der Waals surface area contributed by atoms with Gasteiger partial charge in [0.1, 0.15) is 5.78 Å². The quantitative estimate of drug-likeness (QED) is 0.567. The number of Topliss-reactive ketones (excluding diaryl/α,β-unsaturated/α-hetero) is 1. The molecule has 0 heterocycles. The fourth-order valence-corrected chi connectivity index (χ4v) is 1.93. The second kappa shape index (κ2) is 2.96. The van der Waals surface area contributed by atoms with Gasteiger partial charge in [0, 0.05) is 12.8 Å². The summed E-state index contributed by atoms with van der Waals surface area (Å²) in [5, 5.41) is 0. The molecular weight excluding hydrogens is 136 g/mol. The first-order chi connectivity index (χ1) is 4.97. The lowest BCUT2D eigenvalue weighted by Gasteiger charge is -2.21. The molecule has 0 unspecified atom stereocenters. The Morgan fingerprint density at radius 1 is 1.45 bits per heavy atom. The van der Waals surface area contributed by atoms with Gasteiger partial charge in [-0.1, -0.05) is 20.8 Å². The molecule has 0 aromatic heterocycles. The third-order valence-electron chi connectivity index (χ3n) is 2.25. The summed E-state index contributed by atoms with van der Waals surface area (Å²) in [7, 11) is 0. The van der Waals surface area contributed by atoms with Gasteiger partial charge in [-0.15, -0.1) is 0 Å². The van der Waals surface area contributed by atoms with E-state index in [2.05, 4.69) is 20.8 Å². The van der Waals surface area contributed by atoms with Crippen LogP contribution < -0.4 is 0 Å². The SMILES string of the molecule is CC(C)(C)C[C@H]1CCC(=O)C1. The molecule has 0 bridgehead atoms. The molecular formula is C10H18O. The lowest BCUT2D eigenvalue weighted by atomic mass is 9.84. The Balaban J connectivity index is 2.34. The lowest BCUT2D eigenvalue weighted by molar-refractivity contribution is -0.117. The number of ketones is 1. The van der Waals surface area contributed by atoms with Crippen LogP contribution >= 0.6 is 0 Å². The number of carbonyl (C=O) groups excluding carboxylic acids is 1. The van der Waals surface area contributed by atoms with E-state index in [9.17, 15) is 4.79 Å². The Bertz CT molecular complexity index is 153. The minimum absolute atomic E-state index is 0.398. The standard InChI is InChI=1S/C10H18O/c1-10(2,3)7-8-4-5-9(11)6-8/h8H,4-7H2,1-3H3/t8-/m0/s1. The Morgan fingerprint density at radius 3 is 2.45 bits per heavy atom. The topological polar surface area (TPSA) is 17.1 Å². The van der Waals surface area contributed by atoms with Crippen molar-refractivity contribution in [2.75, 3.05) is 0 Å². The number of carbonyl (C=O) groups is 1. The molecule has 0 amide bonds. The lowest BCUT2D eigenvalue weighted by Crippen LogP contribution is -2.11. The summed E-state index contributed by atoms with van der Waals surface area (Å²) in [5.74, 6) is 1.15. The molecule has 1 rings (SSSR count). The molecule has 0 saturated heterocycles. The summed E-state index contributed by atoms with van der Waals surface area (Å²) < 4.78 is 0. The molecule has 1 heteroatoms. The van der Waals surface area contributed by atoms with Crippen molar-refractivity contribution in [2.45, 2.75) is 46.5 Å². The Hall–Kier alpha value is -0.330. The van der Waals surface area contributed by atoms with E-state index in [0.29, 0.717) is 17.1 Å². The fourth-order valence-electron chi connectivity index (χ4n) is 1.93. The fraction of sp³-hybridized carbons (Fsp3) is 0.900. The summed E-state index contributed by atoms with van der Waals surface area (Å²) in [5.41, 5.74) is 0.398. The van der Waals surface area contributed by atoms with E-state index in [0.717, 1.165) is 19.3 Å². The molecule has 1 atom stereocenters. The van der Waals surface area contributed by atoms with Crippen molar-refractivity contribution in [3.63, 3.8) is 0 Å². The summed E-state index contributed by atoms with van der Waals surface area (Å²) in [6.07, 6.45) is 4.02. The smallest absolute Gasteiger partial charge is 0.133 e. The first-order valence-corrected chi connectivity index (χ1v) is 4.49. The van der Waals surface area contributed by atoms with Crippen molar-refractivity contribution in [3.05, 3.63) is 0 Å². The van der Waals surface area contributed by atoms with Gasteiger partial charge in [0.25, 0.3) is 0 Å². The van der Waals surface area contributed by atoms with Crippen LogP contribution in [0.2, 0.25) is 0 Å². The molecule has 0 aliphatic heterocycles. The van der Waals surface area contributed by atoms with E-state index in [1.807, 2.05) is 0 Å². The predicted molar refractivity (Wildman–Crippen MR) is 46.4 cm³/mol. The zero-order valence-electron chi connectivity index (χ0n) is 7.81. The van der Waals surface area contributed by atoms with Crippen LogP contribution in [0, 0.1) is 11.3 Å². The number of rotatable bonds is 1. The molecule has 0 radical (unpaired) electrons. The van der Waals surface area contributed by atoms with E-state index in [1.54, 1.807) is 0 Å². The second-order valence-electron chi connectivity index (χ2n) is 4.91. The summed E-state index contributed by atoms with van der Waals surface area (Å²) in [6.45, 7) is 6.74. The molecule has 11 heavy (non-hydrogen) atoms. The van der Waals surface area contributed by atoms with Gasteiger partial charge in [0.2, 0.25) is 0 Å². The molecule has 0 N–H and O–H groups in total. The first-order valence-electron chi connectivity index (χ1n) is 4.49. The highest BCUT2D eigenvalue weighted by Crippen LogP contribution is 2.33. The highest BCUT2D eigenvalue weighted by Gasteiger charge is 2.26. The molecule has 1 aliphatic rings. The van der Waals surface area contributed by atoms with Gasteiger partial charge in [-0.25, -0.2) is 0 Å². The molecule has 1 fully saturated rings. The van der Waals surface area contributed by atoms with Crippen LogP contribution in [0.3, 0.4) is 0 Å². The van der Waals surface area contributed by atoms with Gasteiger partial charge >= 0.3 is 0 Å². The maximum atomic E-state index is 10.9. The van der Waals surface area contributed by atoms with Crippen molar-refractivity contribution < 1.29 is 4.79 Å².